The van der Waals surface area contributed by atoms with E-state index in [-0.39, 0.29) is 10.6 Å². The number of nitrogens with two attached hydrogens (primary N) is 1. The molecule has 0 saturated carbocycles. The summed E-state index contributed by atoms with van der Waals surface area (Å²) in [6.45, 7) is -0.562. The van der Waals surface area contributed by atoms with Crippen molar-refractivity contribution in [3.05, 3.63) is 28.8 Å². The minimum absolute atomic E-state index is 0.0915. The molecule has 22 heavy (non-hydrogen) atoms. The molecular weight excluding hydrogens is 323 g/mol. The molecule has 2 rings (SSSR count). The molecule has 0 unspecified atom stereocenters. The summed E-state index contributed by atoms with van der Waals surface area (Å²) in [7, 11) is 1.18. The number of carbonyl (C=O) groups excluding carboxylic acids is 2. The standard InChI is InChI=1S/C12H10F3N3O3S/c1-18-9(12(13,14)15)4-6(17-18)7-2-3-8(22-7)11(20)21-5-10(16)19/h2-4H,5H2,1H3,(H2,16,19). The Morgan fingerprint density at radius 3 is 2.64 bits per heavy atom. The molecule has 118 valence electrons. The molecule has 0 spiro atoms. The molecule has 10 heteroatoms. The first kappa shape index (κ1) is 16.0. The molecule has 0 aliphatic heterocycles. The summed E-state index contributed by atoms with van der Waals surface area (Å²) in [6, 6.07) is 3.73. The summed E-state index contributed by atoms with van der Waals surface area (Å²) in [4.78, 5) is 22.6. The molecule has 2 heterocycles. The van der Waals surface area contributed by atoms with Crippen LogP contribution in [-0.4, -0.2) is 28.3 Å². The first-order valence-electron chi connectivity index (χ1n) is 5.85. The molecule has 2 N–H and O–H groups in total. The van der Waals surface area contributed by atoms with Crippen molar-refractivity contribution in [3.63, 3.8) is 0 Å². The Bertz CT molecular complexity index is 721. The van der Waals surface area contributed by atoms with E-state index in [9.17, 15) is 22.8 Å². The van der Waals surface area contributed by atoms with E-state index < -0.39 is 30.4 Å². The molecule has 0 saturated heterocycles. The maximum Gasteiger partial charge on any atom is 0.433 e. The average Bonchev–Trinajstić information content (AvgIpc) is 3.01. The number of nitrogens with zero attached hydrogens (tertiary/aromatic N) is 2. The van der Waals surface area contributed by atoms with Gasteiger partial charge in [-0.05, 0) is 18.2 Å². The van der Waals surface area contributed by atoms with Crippen molar-refractivity contribution in [2.75, 3.05) is 6.61 Å². The molecule has 0 bridgehead atoms. The first-order chi connectivity index (χ1) is 10.2. The molecule has 0 fully saturated rings. The molecule has 1 amide bonds. The molecule has 0 aliphatic rings. The van der Waals surface area contributed by atoms with E-state index in [4.69, 9.17) is 5.73 Å². The lowest BCUT2D eigenvalue weighted by molar-refractivity contribution is -0.143. The third-order valence-corrected chi connectivity index (χ3v) is 3.66. The van der Waals surface area contributed by atoms with Gasteiger partial charge in [0.2, 0.25) is 0 Å². The zero-order valence-corrected chi connectivity index (χ0v) is 12.0. The van der Waals surface area contributed by atoms with Crippen LogP contribution in [0.2, 0.25) is 0 Å². The fourth-order valence-electron chi connectivity index (χ4n) is 1.65. The van der Waals surface area contributed by atoms with Crippen molar-refractivity contribution in [1.29, 1.82) is 0 Å². The number of aryl methyl sites for hydroxylation is 1. The highest BCUT2D eigenvalue weighted by Crippen LogP contribution is 2.34. The van der Waals surface area contributed by atoms with Gasteiger partial charge in [0.15, 0.2) is 6.61 Å². The number of hydrogen-bond acceptors (Lipinski definition) is 5. The molecular formula is C12H10F3N3O3S. The van der Waals surface area contributed by atoms with Gasteiger partial charge in [-0.15, -0.1) is 11.3 Å². The van der Waals surface area contributed by atoms with Crippen LogP contribution in [0.25, 0.3) is 10.6 Å². The number of halogens is 3. The monoisotopic (exact) mass is 333 g/mol. The van der Waals surface area contributed by atoms with Crippen LogP contribution in [0.15, 0.2) is 18.2 Å². The number of rotatable bonds is 4. The maximum atomic E-state index is 12.7. The maximum absolute atomic E-state index is 12.7. The minimum atomic E-state index is -4.51. The Morgan fingerprint density at radius 1 is 1.41 bits per heavy atom. The van der Waals surface area contributed by atoms with Crippen molar-refractivity contribution in [3.8, 4) is 10.6 Å². The summed E-state index contributed by atoms with van der Waals surface area (Å²) in [6.07, 6.45) is -4.51. The van der Waals surface area contributed by atoms with E-state index in [1.807, 2.05) is 0 Å². The fraction of sp³-hybridized carbons (Fsp3) is 0.250. The number of hydrogen-bond donors (Lipinski definition) is 1. The topological polar surface area (TPSA) is 87.2 Å². The van der Waals surface area contributed by atoms with Gasteiger partial charge in [0.25, 0.3) is 5.91 Å². The highest BCUT2D eigenvalue weighted by atomic mass is 32.1. The Labute approximate surface area is 126 Å². The van der Waals surface area contributed by atoms with E-state index in [0.717, 1.165) is 22.1 Å². The van der Waals surface area contributed by atoms with Gasteiger partial charge in [0.05, 0.1) is 4.88 Å². The van der Waals surface area contributed by atoms with Crippen LogP contribution in [-0.2, 0) is 22.8 Å². The van der Waals surface area contributed by atoms with Crippen LogP contribution in [0, 0.1) is 0 Å². The summed E-state index contributed by atoms with van der Waals surface area (Å²) in [5.74, 6) is -1.58. The van der Waals surface area contributed by atoms with Crippen LogP contribution in [0.5, 0.6) is 0 Å². The van der Waals surface area contributed by atoms with Gasteiger partial charge in [-0.2, -0.15) is 18.3 Å². The van der Waals surface area contributed by atoms with Crippen molar-refractivity contribution >= 4 is 23.2 Å². The minimum Gasteiger partial charge on any atom is -0.451 e. The highest BCUT2D eigenvalue weighted by molar-refractivity contribution is 7.17. The molecule has 2 aromatic heterocycles. The average molecular weight is 333 g/mol. The van der Waals surface area contributed by atoms with Gasteiger partial charge in [-0.25, -0.2) is 4.79 Å². The quantitative estimate of drug-likeness (QED) is 0.865. The van der Waals surface area contributed by atoms with E-state index >= 15 is 0 Å². The third kappa shape index (κ3) is 3.45. The number of ether oxygens (including phenoxy) is 1. The van der Waals surface area contributed by atoms with Gasteiger partial charge < -0.3 is 10.5 Å². The van der Waals surface area contributed by atoms with Crippen molar-refractivity contribution < 1.29 is 27.5 Å². The van der Waals surface area contributed by atoms with Gasteiger partial charge in [-0.1, -0.05) is 0 Å². The summed E-state index contributed by atoms with van der Waals surface area (Å²) < 4.78 is 43.5. The molecule has 0 radical (unpaired) electrons. The Morgan fingerprint density at radius 2 is 2.09 bits per heavy atom. The molecule has 0 aromatic carbocycles. The molecule has 0 aliphatic carbocycles. The number of aromatic nitrogens is 2. The van der Waals surface area contributed by atoms with Gasteiger partial charge in [-0.3, -0.25) is 9.48 Å². The van der Waals surface area contributed by atoms with Crippen molar-refractivity contribution in [2.24, 2.45) is 12.8 Å². The van der Waals surface area contributed by atoms with Crippen LogP contribution in [0.1, 0.15) is 15.4 Å². The fourth-order valence-corrected chi connectivity index (χ4v) is 2.50. The highest BCUT2D eigenvalue weighted by Gasteiger charge is 2.35. The lowest BCUT2D eigenvalue weighted by Gasteiger charge is -2.04. The van der Waals surface area contributed by atoms with E-state index in [2.05, 4.69) is 9.84 Å². The summed E-state index contributed by atoms with van der Waals surface area (Å²) >= 11 is 0.909. The van der Waals surface area contributed by atoms with E-state index in [1.54, 1.807) is 0 Å². The SMILES string of the molecule is Cn1nc(-c2ccc(C(=O)OCC(N)=O)s2)cc1C(F)(F)F. The second kappa shape index (κ2) is 5.79. The number of amides is 1. The van der Waals surface area contributed by atoms with Gasteiger partial charge in [0.1, 0.15) is 16.3 Å². The van der Waals surface area contributed by atoms with E-state index in [0.29, 0.717) is 4.88 Å². The Hall–Kier alpha value is -2.36. The largest absolute Gasteiger partial charge is 0.451 e. The summed E-state index contributed by atoms with van der Waals surface area (Å²) in [5.41, 5.74) is 4.04. The van der Waals surface area contributed by atoms with E-state index in [1.165, 1.54) is 19.2 Å². The number of primary amides is 1. The second-order valence-corrected chi connectivity index (χ2v) is 5.33. The lowest BCUT2D eigenvalue weighted by atomic mass is 10.3. The molecule has 0 atom stereocenters. The number of thiophene rings is 1. The lowest BCUT2D eigenvalue weighted by Crippen LogP contribution is -2.20. The van der Waals surface area contributed by atoms with Crippen LogP contribution in [0.3, 0.4) is 0 Å². The predicted molar refractivity (Wildman–Crippen MR) is 71.0 cm³/mol. The molecule has 6 nitrogen and oxygen atoms in total. The number of alkyl halides is 3. The van der Waals surface area contributed by atoms with Crippen molar-refractivity contribution in [2.45, 2.75) is 6.18 Å². The Balaban J connectivity index is 2.22. The smallest absolute Gasteiger partial charge is 0.433 e. The second-order valence-electron chi connectivity index (χ2n) is 4.24. The summed E-state index contributed by atoms with van der Waals surface area (Å²) in [5, 5.41) is 3.78. The Kier molecular flexibility index (Phi) is 4.22. The normalized spacial score (nSPS) is 11.5. The first-order valence-corrected chi connectivity index (χ1v) is 6.67. The van der Waals surface area contributed by atoms with Crippen molar-refractivity contribution in [1.82, 2.24) is 9.78 Å². The predicted octanol–water partition coefficient (Wildman–Crippen LogP) is 1.81. The molecule has 2 aromatic rings. The zero-order chi connectivity index (χ0) is 16.5. The third-order valence-electron chi connectivity index (χ3n) is 2.58. The van der Waals surface area contributed by atoms with Crippen LogP contribution in [0.4, 0.5) is 13.2 Å². The van der Waals surface area contributed by atoms with Gasteiger partial charge in [0, 0.05) is 7.05 Å². The van der Waals surface area contributed by atoms with Gasteiger partial charge >= 0.3 is 12.1 Å². The van der Waals surface area contributed by atoms with Crippen LogP contribution < -0.4 is 5.73 Å². The zero-order valence-electron chi connectivity index (χ0n) is 11.2. The number of carbonyl (C=O) groups is 2. The number of esters is 1. The van der Waals surface area contributed by atoms with Crippen LogP contribution >= 0.6 is 11.3 Å².